The second-order valence-corrected chi connectivity index (χ2v) is 8.29. The third-order valence-electron chi connectivity index (χ3n) is 4.81. The Morgan fingerprint density at radius 2 is 1.52 bits per heavy atom. The minimum atomic E-state index is -3.63. The number of sulfone groups is 1. The van der Waals surface area contributed by atoms with E-state index >= 15 is 0 Å². The highest BCUT2D eigenvalue weighted by Crippen LogP contribution is 2.63. The van der Waals surface area contributed by atoms with E-state index in [4.69, 9.17) is 0 Å². The van der Waals surface area contributed by atoms with Gasteiger partial charge in [-0.05, 0) is 24.6 Å². The van der Waals surface area contributed by atoms with Gasteiger partial charge in [0.05, 0.1) is 23.4 Å². The Hall–Kier alpha value is -1.69. The molecule has 3 rings (SSSR count). The number of rotatable bonds is 5. The topological polar surface area (TPSA) is 74.6 Å². The molecule has 2 atom stereocenters. The van der Waals surface area contributed by atoms with Gasteiger partial charge < -0.3 is 10.2 Å². The lowest BCUT2D eigenvalue weighted by Gasteiger charge is -2.11. The molecule has 0 bridgehead atoms. The van der Waals surface area contributed by atoms with E-state index in [1.54, 1.807) is 30.3 Å². The molecule has 0 aliphatic heterocycles. The smallest absolute Gasteiger partial charge is 0.182 e. The van der Waals surface area contributed by atoms with E-state index in [2.05, 4.69) is 0 Å². The van der Waals surface area contributed by atoms with Crippen LogP contribution in [0.2, 0.25) is 0 Å². The molecule has 0 unspecified atom stereocenters. The van der Waals surface area contributed by atoms with Gasteiger partial charge in [-0.25, -0.2) is 8.42 Å². The number of benzene rings is 2. The molecule has 1 saturated carbocycles. The highest BCUT2D eigenvalue weighted by Gasteiger charge is 2.70. The molecule has 1 aliphatic rings. The van der Waals surface area contributed by atoms with Gasteiger partial charge in [0, 0.05) is 11.3 Å². The van der Waals surface area contributed by atoms with Gasteiger partial charge >= 0.3 is 0 Å². The Balaban J connectivity index is 2.05. The largest absolute Gasteiger partial charge is 0.396 e. The van der Waals surface area contributed by atoms with E-state index < -0.39 is 26.4 Å². The molecule has 0 spiro atoms. The maximum Gasteiger partial charge on any atom is 0.182 e. The third kappa shape index (κ3) is 2.49. The van der Waals surface area contributed by atoms with Crippen LogP contribution in [-0.2, 0) is 9.84 Å². The van der Waals surface area contributed by atoms with E-state index in [0.29, 0.717) is 0 Å². The van der Waals surface area contributed by atoms with Gasteiger partial charge in [-0.2, -0.15) is 0 Å². The molecule has 0 amide bonds. The summed E-state index contributed by atoms with van der Waals surface area (Å²) in [7, 11) is -3.63. The Kier molecular flexibility index (Phi) is 4.04. The average molecular weight is 332 g/mol. The Morgan fingerprint density at radius 1 is 0.957 bits per heavy atom. The lowest BCUT2D eigenvalue weighted by Crippen LogP contribution is -2.22. The van der Waals surface area contributed by atoms with Crippen LogP contribution in [0.4, 0.5) is 0 Å². The maximum atomic E-state index is 13.0. The lowest BCUT2D eigenvalue weighted by atomic mass is 10.00. The van der Waals surface area contributed by atoms with Crippen molar-refractivity contribution in [2.75, 3.05) is 13.2 Å². The van der Waals surface area contributed by atoms with Crippen LogP contribution in [0.5, 0.6) is 0 Å². The van der Waals surface area contributed by atoms with Gasteiger partial charge in [0.1, 0.15) is 0 Å². The molecule has 2 aromatic rings. The molecule has 5 heteroatoms. The van der Waals surface area contributed by atoms with Crippen molar-refractivity contribution in [3.05, 3.63) is 65.7 Å². The summed E-state index contributed by atoms with van der Waals surface area (Å²) in [6, 6.07) is 15.8. The van der Waals surface area contributed by atoms with Crippen LogP contribution in [0.3, 0.4) is 0 Å². The van der Waals surface area contributed by atoms with Crippen molar-refractivity contribution >= 4 is 9.84 Å². The van der Waals surface area contributed by atoms with E-state index in [1.165, 1.54) is 0 Å². The number of aliphatic hydroxyl groups excluding tert-OH is 2. The van der Waals surface area contributed by atoms with Gasteiger partial charge in [-0.1, -0.05) is 48.0 Å². The maximum absolute atomic E-state index is 13.0. The summed E-state index contributed by atoms with van der Waals surface area (Å²) in [4.78, 5) is 0.228. The Labute approximate surface area is 136 Å². The summed E-state index contributed by atoms with van der Waals surface area (Å²) >= 11 is 0. The summed E-state index contributed by atoms with van der Waals surface area (Å²) < 4.78 is 25.9. The highest BCUT2D eigenvalue weighted by atomic mass is 32.2. The van der Waals surface area contributed by atoms with Gasteiger partial charge in [0.25, 0.3) is 0 Å². The molecule has 0 saturated heterocycles. The van der Waals surface area contributed by atoms with Crippen LogP contribution < -0.4 is 0 Å². The van der Waals surface area contributed by atoms with Crippen LogP contribution in [0.1, 0.15) is 17.0 Å². The van der Waals surface area contributed by atoms with Gasteiger partial charge in [0.15, 0.2) is 9.84 Å². The predicted molar refractivity (Wildman–Crippen MR) is 87.9 cm³/mol. The van der Waals surface area contributed by atoms with Gasteiger partial charge in [0.2, 0.25) is 0 Å². The fraction of sp³-hybridized carbons (Fsp3) is 0.333. The van der Waals surface area contributed by atoms with Crippen molar-refractivity contribution in [2.24, 2.45) is 5.41 Å². The van der Waals surface area contributed by atoms with Gasteiger partial charge in [-0.3, -0.25) is 0 Å². The predicted octanol–water partition coefficient (Wildman–Crippen LogP) is 1.91. The first kappa shape index (κ1) is 16.2. The highest BCUT2D eigenvalue weighted by molar-refractivity contribution is 7.92. The molecule has 2 N–H and O–H groups in total. The average Bonchev–Trinajstić information content (AvgIpc) is 3.27. The second kappa shape index (κ2) is 5.74. The number of hydrogen-bond donors (Lipinski definition) is 2. The molecule has 2 aromatic carbocycles. The Bertz CT molecular complexity index is 778. The van der Waals surface area contributed by atoms with Gasteiger partial charge in [-0.15, -0.1) is 0 Å². The van der Waals surface area contributed by atoms with E-state index in [-0.39, 0.29) is 18.1 Å². The molecular formula is C18H20O4S. The zero-order valence-corrected chi connectivity index (χ0v) is 13.7. The van der Waals surface area contributed by atoms with Crippen molar-refractivity contribution in [3.8, 4) is 0 Å². The fourth-order valence-corrected chi connectivity index (χ4v) is 5.86. The monoisotopic (exact) mass is 332 g/mol. The molecule has 1 fully saturated rings. The summed E-state index contributed by atoms with van der Waals surface area (Å²) in [5.74, 6) is -0.400. The minimum absolute atomic E-state index is 0.228. The number of aryl methyl sites for hydroxylation is 1. The van der Waals surface area contributed by atoms with Crippen molar-refractivity contribution in [1.29, 1.82) is 0 Å². The summed E-state index contributed by atoms with van der Waals surface area (Å²) in [6.07, 6.45) is 0. The molecule has 0 radical (unpaired) electrons. The summed E-state index contributed by atoms with van der Waals surface area (Å²) in [5.41, 5.74) is 0.892. The number of hydrogen-bond acceptors (Lipinski definition) is 4. The van der Waals surface area contributed by atoms with E-state index in [0.717, 1.165) is 11.1 Å². The molecule has 23 heavy (non-hydrogen) atoms. The first-order chi connectivity index (χ1) is 11.0. The second-order valence-electron chi connectivity index (χ2n) is 6.22. The molecule has 0 aromatic heterocycles. The van der Waals surface area contributed by atoms with E-state index in [9.17, 15) is 18.6 Å². The molecule has 0 heterocycles. The van der Waals surface area contributed by atoms with Crippen LogP contribution >= 0.6 is 0 Å². The first-order valence-electron chi connectivity index (χ1n) is 7.54. The summed E-state index contributed by atoms with van der Waals surface area (Å²) in [5, 5.41) is 18.8. The fourth-order valence-electron chi connectivity index (χ4n) is 3.41. The molecule has 1 aliphatic carbocycles. The Morgan fingerprint density at radius 3 is 2.04 bits per heavy atom. The zero-order chi connectivity index (χ0) is 16.7. The lowest BCUT2D eigenvalue weighted by molar-refractivity contribution is 0.130. The zero-order valence-electron chi connectivity index (χ0n) is 12.9. The van der Waals surface area contributed by atoms with Crippen LogP contribution in [0.15, 0.2) is 59.5 Å². The third-order valence-corrected chi connectivity index (χ3v) is 7.15. The van der Waals surface area contributed by atoms with Crippen LogP contribution in [0, 0.1) is 12.3 Å². The first-order valence-corrected chi connectivity index (χ1v) is 9.09. The van der Waals surface area contributed by atoms with Crippen molar-refractivity contribution in [2.45, 2.75) is 23.0 Å². The summed E-state index contributed by atoms with van der Waals surface area (Å²) in [6.45, 7) is 1.23. The number of aliphatic hydroxyl groups is 2. The van der Waals surface area contributed by atoms with Crippen LogP contribution in [-0.4, -0.2) is 37.1 Å². The van der Waals surface area contributed by atoms with Crippen molar-refractivity contribution in [3.63, 3.8) is 0 Å². The normalized spacial score (nSPS) is 22.7. The molecular weight excluding hydrogens is 312 g/mol. The standard InChI is InChI=1S/C18H20O4S/c1-13-7-9-14(10-8-13)16-17(18(16,11-19)12-20)23(21,22)15-5-3-2-4-6-15/h2-10,16-17,19-20H,11-12H2,1H3/t16-,17-/m1/s1. The quantitative estimate of drug-likeness (QED) is 0.877. The van der Waals surface area contributed by atoms with E-state index in [1.807, 2.05) is 31.2 Å². The minimum Gasteiger partial charge on any atom is -0.396 e. The van der Waals surface area contributed by atoms with Crippen LogP contribution in [0.25, 0.3) is 0 Å². The van der Waals surface area contributed by atoms with Crippen molar-refractivity contribution < 1.29 is 18.6 Å². The van der Waals surface area contributed by atoms with Crippen molar-refractivity contribution in [1.82, 2.24) is 0 Å². The molecule has 4 nitrogen and oxygen atoms in total. The molecule has 122 valence electrons. The SMILES string of the molecule is Cc1ccc([C@@H]2[C@@H](S(=O)(=O)c3ccccc3)C2(CO)CO)cc1.